The largest absolute Gasteiger partial charge is 0.423 e. The third-order valence-electron chi connectivity index (χ3n) is 3.69. The van der Waals surface area contributed by atoms with Gasteiger partial charge < -0.3 is 21.9 Å². The molecule has 0 amide bonds. The molecule has 0 atom stereocenters. The second-order valence-electron chi connectivity index (χ2n) is 7.08. The highest BCUT2D eigenvalue weighted by molar-refractivity contribution is 7.85. The molecule has 0 saturated heterocycles. The van der Waals surface area contributed by atoms with Crippen LogP contribution in [-0.4, -0.2) is 56.2 Å². The zero-order valence-corrected chi connectivity index (χ0v) is 22.0. The highest BCUT2D eigenvalue weighted by atomic mass is 35.5. The van der Waals surface area contributed by atoms with Crippen molar-refractivity contribution >= 4 is 66.9 Å². The van der Waals surface area contributed by atoms with Crippen molar-refractivity contribution in [2.45, 2.75) is 0 Å². The summed E-state index contributed by atoms with van der Waals surface area (Å²) in [5.41, 5.74) is 17.7. The number of fused-ring (bicyclic) bond motifs is 1. The molecule has 16 heteroatoms. The van der Waals surface area contributed by atoms with Crippen LogP contribution in [-0.2, 0) is 20.2 Å². The predicted octanol–water partition coefficient (Wildman–Crippen LogP) is 1.68. The molecule has 37 heavy (non-hydrogen) atoms. The molecule has 3 aromatic rings. The molecule has 3 aromatic carbocycles. The second kappa shape index (κ2) is 14.1. The number of nitrogen functional groups attached to an aromatic ring is 1. The van der Waals surface area contributed by atoms with Gasteiger partial charge >= 0.3 is 5.97 Å². The van der Waals surface area contributed by atoms with Gasteiger partial charge in [0.1, 0.15) is 11.6 Å². The second-order valence-corrected chi connectivity index (χ2v) is 10.0. The maximum absolute atomic E-state index is 12.3. The minimum absolute atomic E-state index is 0. The summed E-state index contributed by atoms with van der Waals surface area (Å²) < 4.78 is 57.2. The van der Waals surface area contributed by atoms with Crippen molar-refractivity contribution in [2.24, 2.45) is 22.2 Å². The molecule has 0 saturated carbocycles. The highest BCUT2D eigenvalue weighted by Crippen LogP contribution is 2.23. The van der Waals surface area contributed by atoms with Crippen molar-refractivity contribution in [2.75, 3.05) is 12.5 Å². The number of amidine groups is 1. The number of guanidine groups is 1. The molecule has 0 aliphatic carbocycles. The number of hydrogen-bond donors (Lipinski definition) is 6. The molecule has 0 bridgehead atoms. The summed E-state index contributed by atoms with van der Waals surface area (Å²) in [7, 11) is -7.33. The number of halogens is 1. The number of esters is 1. The third kappa shape index (κ3) is 15.1. The van der Waals surface area contributed by atoms with E-state index in [1.54, 1.807) is 42.5 Å². The van der Waals surface area contributed by atoms with Crippen molar-refractivity contribution in [3.05, 3.63) is 71.8 Å². The molecule has 0 aliphatic rings. The summed E-state index contributed by atoms with van der Waals surface area (Å²) in [5, 5.41) is 9.26. The Kier molecular flexibility index (Phi) is 12.7. The van der Waals surface area contributed by atoms with Crippen LogP contribution in [0.2, 0.25) is 0 Å². The first kappa shape index (κ1) is 33.2. The molecule has 0 aliphatic heterocycles. The van der Waals surface area contributed by atoms with Crippen LogP contribution in [0.1, 0.15) is 15.9 Å². The molecular formula is C21H26ClN5O8S2. The van der Waals surface area contributed by atoms with Gasteiger partial charge in [-0.2, -0.15) is 16.8 Å². The SMILES string of the molecule is CS(=O)(=O)O.CS(=O)(=O)O.Cl.N=C(N)c1ccc2cc(OC(=O)c3ccc(N=C(N)N)cc3)ccc2c1. The standard InChI is InChI=1S/C19H17N5O2.2CH4O3S.ClH/c20-17(21)14-2-1-13-10-16(8-5-12(13)9-14)26-18(25)11-3-6-15(7-4-11)24-19(22)23;2*1-5(2,3)4;/h1-10H,(H3,20,21)(H4,22,23,24);2*1H3,(H,2,3,4);1H. The molecule has 0 aromatic heterocycles. The Morgan fingerprint density at radius 1 is 0.811 bits per heavy atom. The number of nitrogens with one attached hydrogen (secondary N) is 1. The lowest BCUT2D eigenvalue weighted by Crippen LogP contribution is -2.21. The number of carbonyl (C=O) groups excluding carboxylic acids is 1. The Morgan fingerprint density at radius 2 is 1.24 bits per heavy atom. The fraction of sp³-hybridized carbons (Fsp3) is 0.0952. The first-order chi connectivity index (χ1) is 16.4. The van der Waals surface area contributed by atoms with Gasteiger partial charge in [-0.15, -0.1) is 12.4 Å². The van der Waals surface area contributed by atoms with Crippen molar-refractivity contribution in [3.8, 4) is 5.75 Å². The first-order valence-corrected chi connectivity index (χ1v) is 13.3. The number of nitrogens with zero attached hydrogens (tertiary/aromatic N) is 1. The average molecular weight is 576 g/mol. The number of nitrogens with two attached hydrogens (primary N) is 3. The summed E-state index contributed by atoms with van der Waals surface area (Å²) in [6.45, 7) is 0. The topological polar surface area (TPSA) is 249 Å². The van der Waals surface area contributed by atoms with E-state index in [4.69, 9.17) is 36.5 Å². The van der Waals surface area contributed by atoms with Crippen LogP contribution in [0.5, 0.6) is 5.75 Å². The number of carbonyl (C=O) groups is 1. The van der Waals surface area contributed by atoms with Gasteiger partial charge in [-0.05, 0) is 53.2 Å². The van der Waals surface area contributed by atoms with Crippen LogP contribution in [0.4, 0.5) is 5.69 Å². The fourth-order valence-corrected chi connectivity index (χ4v) is 2.44. The lowest BCUT2D eigenvalue weighted by Gasteiger charge is -2.07. The van der Waals surface area contributed by atoms with E-state index in [1.807, 2.05) is 18.2 Å². The van der Waals surface area contributed by atoms with Gasteiger partial charge in [0.15, 0.2) is 5.96 Å². The van der Waals surface area contributed by atoms with Crippen molar-refractivity contribution in [3.63, 3.8) is 0 Å². The molecule has 202 valence electrons. The monoisotopic (exact) mass is 575 g/mol. The van der Waals surface area contributed by atoms with Crippen LogP contribution in [0.3, 0.4) is 0 Å². The number of aliphatic imine (C=N–C) groups is 1. The molecule has 0 fully saturated rings. The molecule has 0 heterocycles. The van der Waals surface area contributed by atoms with E-state index in [2.05, 4.69) is 4.99 Å². The highest BCUT2D eigenvalue weighted by Gasteiger charge is 2.09. The summed E-state index contributed by atoms with van der Waals surface area (Å²) >= 11 is 0. The van der Waals surface area contributed by atoms with E-state index >= 15 is 0 Å². The minimum Gasteiger partial charge on any atom is -0.423 e. The van der Waals surface area contributed by atoms with E-state index in [1.165, 1.54) is 0 Å². The quantitative estimate of drug-likeness (QED) is 0.0857. The van der Waals surface area contributed by atoms with E-state index in [0.29, 0.717) is 35.1 Å². The zero-order valence-electron chi connectivity index (χ0n) is 19.5. The van der Waals surface area contributed by atoms with E-state index in [9.17, 15) is 21.6 Å². The third-order valence-corrected chi connectivity index (χ3v) is 3.69. The molecule has 9 N–H and O–H groups in total. The number of benzene rings is 3. The Labute approximate surface area is 219 Å². The maximum Gasteiger partial charge on any atom is 0.343 e. The van der Waals surface area contributed by atoms with Crippen LogP contribution < -0.4 is 21.9 Å². The Morgan fingerprint density at radius 3 is 1.70 bits per heavy atom. The van der Waals surface area contributed by atoms with E-state index < -0.39 is 26.2 Å². The summed E-state index contributed by atoms with van der Waals surface area (Å²) in [4.78, 5) is 16.2. The summed E-state index contributed by atoms with van der Waals surface area (Å²) in [6.07, 6.45) is 1.43. The van der Waals surface area contributed by atoms with Gasteiger partial charge in [-0.3, -0.25) is 14.5 Å². The maximum atomic E-state index is 12.3. The summed E-state index contributed by atoms with van der Waals surface area (Å²) in [5.74, 6) is -0.108. The molecular weight excluding hydrogens is 550 g/mol. The molecule has 13 nitrogen and oxygen atoms in total. The van der Waals surface area contributed by atoms with Crippen molar-refractivity contribution in [1.82, 2.24) is 0 Å². The Balaban J connectivity index is 0.00000101. The Bertz CT molecular complexity index is 1440. The van der Waals surface area contributed by atoms with Gasteiger partial charge in [0, 0.05) is 5.56 Å². The van der Waals surface area contributed by atoms with E-state index in [-0.39, 0.29) is 24.2 Å². The van der Waals surface area contributed by atoms with Crippen molar-refractivity contribution < 1.29 is 35.5 Å². The van der Waals surface area contributed by atoms with Gasteiger partial charge in [0.2, 0.25) is 0 Å². The Hall–Kier alpha value is -3.76. The van der Waals surface area contributed by atoms with Crippen LogP contribution in [0.25, 0.3) is 10.8 Å². The van der Waals surface area contributed by atoms with Gasteiger partial charge in [-0.25, -0.2) is 9.79 Å². The number of ether oxygens (including phenoxy) is 1. The normalized spacial score (nSPS) is 10.4. The predicted molar refractivity (Wildman–Crippen MR) is 144 cm³/mol. The number of rotatable bonds is 4. The zero-order chi connectivity index (χ0) is 27.7. The minimum atomic E-state index is -3.67. The first-order valence-electron chi connectivity index (χ1n) is 9.57. The molecule has 0 spiro atoms. The lowest BCUT2D eigenvalue weighted by atomic mass is 10.1. The average Bonchev–Trinajstić information content (AvgIpc) is 2.71. The van der Waals surface area contributed by atoms with Gasteiger partial charge in [0.25, 0.3) is 20.2 Å². The molecule has 0 unspecified atom stereocenters. The van der Waals surface area contributed by atoms with E-state index in [0.717, 1.165) is 10.8 Å². The van der Waals surface area contributed by atoms with Crippen LogP contribution in [0.15, 0.2) is 65.7 Å². The van der Waals surface area contributed by atoms with Gasteiger partial charge in [0.05, 0.1) is 23.8 Å². The molecule has 0 radical (unpaired) electrons. The smallest absolute Gasteiger partial charge is 0.343 e. The number of hydrogen-bond acceptors (Lipinski definition) is 8. The van der Waals surface area contributed by atoms with Crippen LogP contribution in [0, 0.1) is 5.41 Å². The van der Waals surface area contributed by atoms with Gasteiger partial charge in [-0.1, -0.05) is 18.2 Å². The lowest BCUT2D eigenvalue weighted by molar-refractivity contribution is 0.0735. The van der Waals surface area contributed by atoms with Crippen molar-refractivity contribution in [1.29, 1.82) is 5.41 Å². The fourth-order valence-electron chi connectivity index (χ4n) is 2.44. The summed E-state index contributed by atoms with van der Waals surface area (Å²) in [6, 6.07) is 17.1. The van der Waals surface area contributed by atoms with Crippen LogP contribution >= 0.6 is 12.4 Å². The molecule has 3 rings (SSSR count).